The highest BCUT2D eigenvalue weighted by molar-refractivity contribution is 5.76. The molecule has 5 nitrogen and oxygen atoms in total. The predicted molar refractivity (Wildman–Crippen MR) is 127 cm³/mol. The molecule has 1 heterocycles. The number of ether oxygens (including phenoxy) is 1. The van der Waals surface area contributed by atoms with Crippen LogP contribution in [-0.2, 0) is 15.1 Å². The van der Waals surface area contributed by atoms with Gasteiger partial charge in [0.1, 0.15) is 5.82 Å². The fraction of sp³-hybridized carbons (Fsp3) is 0.731. The van der Waals surface area contributed by atoms with E-state index in [1.54, 1.807) is 13.2 Å². The van der Waals surface area contributed by atoms with Crippen LogP contribution in [0.25, 0.3) is 0 Å². The first-order valence-electron chi connectivity index (χ1n) is 12.2. The number of likely N-dealkylation sites (tertiary alicyclic amines) is 1. The van der Waals surface area contributed by atoms with Crippen LogP contribution in [0.2, 0.25) is 0 Å². The first-order valence-corrected chi connectivity index (χ1v) is 12.2. The number of halogens is 1. The van der Waals surface area contributed by atoms with Crippen molar-refractivity contribution in [1.29, 1.82) is 0 Å². The lowest BCUT2D eigenvalue weighted by atomic mass is 9.74. The van der Waals surface area contributed by atoms with Crippen molar-refractivity contribution in [3.63, 3.8) is 0 Å². The molecule has 1 aliphatic heterocycles. The minimum Gasteiger partial charge on any atom is -0.385 e. The Hall–Kier alpha value is -1.50. The van der Waals surface area contributed by atoms with Crippen molar-refractivity contribution in [2.24, 2.45) is 17.8 Å². The molecule has 0 spiro atoms. The first-order chi connectivity index (χ1) is 15.3. The summed E-state index contributed by atoms with van der Waals surface area (Å²) in [6.07, 6.45) is 5.37. The molecule has 0 saturated carbocycles. The highest BCUT2D eigenvalue weighted by atomic mass is 19.1. The highest BCUT2D eigenvalue weighted by Gasteiger charge is 2.41. The fourth-order valence-electron chi connectivity index (χ4n) is 5.15. The molecule has 1 aliphatic rings. The number of carbonyl (C=O) groups is 1. The van der Waals surface area contributed by atoms with Gasteiger partial charge in [0, 0.05) is 39.1 Å². The van der Waals surface area contributed by atoms with Gasteiger partial charge in [-0.25, -0.2) is 4.39 Å². The van der Waals surface area contributed by atoms with E-state index >= 15 is 0 Å². The summed E-state index contributed by atoms with van der Waals surface area (Å²) in [4.78, 5) is 15.1. The summed E-state index contributed by atoms with van der Waals surface area (Å²) in [6, 6.07) is 6.32. The van der Waals surface area contributed by atoms with E-state index in [0.29, 0.717) is 43.4 Å². The highest BCUT2D eigenvalue weighted by Crippen LogP contribution is 2.40. The van der Waals surface area contributed by atoms with E-state index in [2.05, 4.69) is 19.2 Å². The van der Waals surface area contributed by atoms with Crippen molar-refractivity contribution in [2.75, 3.05) is 40.4 Å². The Morgan fingerprint density at radius 3 is 2.81 bits per heavy atom. The molecule has 3 atom stereocenters. The van der Waals surface area contributed by atoms with Crippen LogP contribution in [0.4, 0.5) is 4.39 Å². The van der Waals surface area contributed by atoms with Gasteiger partial charge in [-0.05, 0) is 81.6 Å². The van der Waals surface area contributed by atoms with Gasteiger partial charge in [-0.1, -0.05) is 26.0 Å². The topological polar surface area (TPSA) is 61.8 Å². The van der Waals surface area contributed by atoms with Gasteiger partial charge in [0.15, 0.2) is 0 Å². The second kappa shape index (κ2) is 13.3. The molecule has 2 rings (SSSR count). The molecule has 1 aromatic carbocycles. The van der Waals surface area contributed by atoms with Crippen LogP contribution < -0.4 is 5.32 Å². The van der Waals surface area contributed by atoms with E-state index in [0.717, 1.165) is 45.2 Å². The zero-order valence-corrected chi connectivity index (χ0v) is 20.4. The minimum atomic E-state index is -1.16. The third kappa shape index (κ3) is 7.82. The molecule has 1 fully saturated rings. The van der Waals surface area contributed by atoms with Crippen molar-refractivity contribution >= 4 is 5.91 Å². The SMILES string of the molecule is CNC[C@@H](CC(=O)N1CCC[C@@H]([C@@](O)(CCCCOC)c2cccc(F)c2)C1)CC(C)C. The van der Waals surface area contributed by atoms with Crippen LogP contribution in [0.15, 0.2) is 24.3 Å². The summed E-state index contributed by atoms with van der Waals surface area (Å²) in [5, 5.41) is 15.1. The van der Waals surface area contributed by atoms with Crippen LogP contribution in [0, 0.1) is 23.6 Å². The van der Waals surface area contributed by atoms with Crippen LogP contribution in [-0.4, -0.2) is 56.3 Å². The van der Waals surface area contributed by atoms with Gasteiger partial charge in [-0.3, -0.25) is 4.79 Å². The number of unbranched alkanes of at least 4 members (excludes halogenated alkanes) is 1. The van der Waals surface area contributed by atoms with Crippen molar-refractivity contribution in [3.05, 3.63) is 35.6 Å². The lowest BCUT2D eigenvalue weighted by molar-refractivity contribution is -0.137. The summed E-state index contributed by atoms with van der Waals surface area (Å²) in [7, 11) is 3.60. The lowest BCUT2D eigenvalue weighted by Crippen LogP contribution is -2.48. The van der Waals surface area contributed by atoms with Gasteiger partial charge in [-0.15, -0.1) is 0 Å². The van der Waals surface area contributed by atoms with Gasteiger partial charge in [-0.2, -0.15) is 0 Å². The molecule has 0 aliphatic carbocycles. The zero-order valence-electron chi connectivity index (χ0n) is 20.4. The average Bonchev–Trinajstić information content (AvgIpc) is 2.76. The second-order valence-corrected chi connectivity index (χ2v) is 9.82. The summed E-state index contributed by atoms with van der Waals surface area (Å²) in [5.41, 5.74) is -0.543. The van der Waals surface area contributed by atoms with Gasteiger partial charge in [0.2, 0.25) is 5.91 Å². The Kier molecular flexibility index (Phi) is 11.1. The van der Waals surface area contributed by atoms with Gasteiger partial charge in [0.05, 0.1) is 5.60 Å². The normalized spacial score (nSPS) is 19.7. The standard InChI is InChI=1S/C26H43FN2O3/c1-20(2)15-21(18-28-3)16-25(30)29-13-8-10-23(19-29)26(31,12-5-6-14-32-4)22-9-7-11-24(27)17-22/h7,9,11,17,20-21,23,28,31H,5-6,8,10,12-16,18-19H2,1-4H3/t21-,23-,26-/m1/s1. The molecular weight excluding hydrogens is 407 g/mol. The Bertz CT molecular complexity index is 699. The van der Waals surface area contributed by atoms with Gasteiger partial charge in [0.25, 0.3) is 0 Å². The second-order valence-electron chi connectivity index (χ2n) is 9.82. The predicted octanol–water partition coefficient (Wildman–Crippen LogP) is 4.34. The summed E-state index contributed by atoms with van der Waals surface area (Å²) in [6.45, 7) is 7.08. The maximum Gasteiger partial charge on any atom is 0.222 e. The number of aliphatic hydroxyl groups is 1. The molecule has 0 unspecified atom stereocenters. The Labute approximate surface area is 193 Å². The molecule has 0 aromatic heterocycles. The molecule has 2 N–H and O–H groups in total. The van der Waals surface area contributed by atoms with E-state index in [1.165, 1.54) is 12.1 Å². The van der Waals surface area contributed by atoms with Crippen molar-refractivity contribution in [1.82, 2.24) is 10.2 Å². The van der Waals surface area contributed by atoms with E-state index < -0.39 is 5.60 Å². The maximum absolute atomic E-state index is 14.0. The number of nitrogens with one attached hydrogen (secondary N) is 1. The fourth-order valence-corrected chi connectivity index (χ4v) is 5.15. The summed E-state index contributed by atoms with van der Waals surface area (Å²) < 4.78 is 19.2. The third-order valence-electron chi connectivity index (χ3n) is 6.69. The average molecular weight is 451 g/mol. The van der Waals surface area contributed by atoms with Gasteiger partial charge < -0.3 is 20.1 Å². The molecule has 1 amide bonds. The molecule has 182 valence electrons. The van der Waals surface area contributed by atoms with Crippen molar-refractivity contribution in [3.8, 4) is 0 Å². The lowest BCUT2D eigenvalue weighted by Gasteiger charge is -2.43. The van der Waals surface area contributed by atoms with E-state index in [1.807, 2.05) is 18.0 Å². The van der Waals surface area contributed by atoms with E-state index in [9.17, 15) is 14.3 Å². The Balaban J connectivity index is 2.15. The molecule has 0 radical (unpaired) electrons. The number of methoxy groups -OCH3 is 1. The number of hydrogen-bond acceptors (Lipinski definition) is 4. The maximum atomic E-state index is 14.0. The number of nitrogens with zero attached hydrogens (tertiary/aromatic N) is 1. The number of carbonyl (C=O) groups excluding carboxylic acids is 1. The number of piperidine rings is 1. The number of amides is 1. The van der Waals surface area contributed by atoms with E-state index in [4.69, 9.17) is 4.74 Å². The van der Waals surface area contributed by atoms with Crippen LogP contribution in [0.1, 0.15) is 64.4 Å². The Morgan fingerprint density at radius 2 is 2.16 bits per heavy atom. The quantitative estimate of drug-likeness (QED) is 0.439. The largest absolute Gasteiger partial charge is 0.385 e. The van der Waals surface area contributed by atoms with Crippen LogP contribution >= 0.6 is 0 Å². The van der Waals surface area contributed by atoms with Gasteiger partial charge >= 0.3 is 0 Å². The first kappa shape index (κ1) is 26.7. The molecule has 0 bridgehead atoms. The smallest absolute Gasteiger partial charge is 0.222 e. The zero-order chi connectivity index (χ0) is 23.6. The number of benzene rings is 1. The molecule has 1 aromatic rings. The molecule has 32 heavy (non-hydrogen) atoms. The van der Waals surface area contributed by atoms with Crippen molar-refractivity contribution < 1.29 is 19.0 Å². The van der Waals surface area contributed by atoms with Crippen LogP contribution in [0.5, 0.6) is 0 Å². The number of rotatable bonds is 13. The minimum absolute atomic E-state index is 0.114. The monoisotopic (exact) mass is 450 g/mol. The van der Waals surface area contributed by atoms with Crippen LogP contribution in [0.3, 0.4) is 0 Å². The molecular formula is C26H43FN2O3. The van der Waals surface area contributed by atoms with Crippen molar-refractivity contribution in [2.45, 2.75) is 64.4 Å². The molecule has 6 heteroatoms. The van der Waals surface area contributed by atoms with E-state index in [-0.39, 0.29) is 17.6 Å². The molecule has 1 saturated heterocycles. The summed E-state index contributed by atoms with van der Waals surface area (Å²) in [5.74, 6) is 0.559. The third-order valence-corrected chi connectivity index (χ3v) is 6.69. The summed E-state index contributed by atoms with van der Waals surface area (Å²) >= 11 is 0. The Morgan fingerprint density at radius 1 is 1.38 bits per heavy atom. The number of hydrogen-bond donors (Lipinski definition) is 2.